The van der Waals surface area contributed by atoms with Crippen LogP contribution in [0.3, 0.4) is 0 Å². The Kier molecular flexibility index (Phi) is 5.44. The minimum Gasteiger partial charge on any atom is -0.481 e. The van der Waals surface area contributed by atoms with Gasteiger partial charge in [-0.15, -0.1) is 0 Å². The normalized spacial score (nSPS) is 15.1. The first-order chi connectivity index (χ1) is 15.2. The monoisotopic (exact) mass is 417 g/mol. The van der Waals surface area contributed by atoms with Crippen LogP contribution in [-0.2, 0) is 17.8 Å². The number of benzene rings is 2. The van der Waals surface area contributed by atoms with Crippen LogP contribution in [0.4, 0.5) is 0 Å². The number of hydrogen-bond acceptors (Lipinski definition) is 4. The number of H-pyrrole nitrogens is 2. The summed E-state index contributed by atoms with van der Waals surface area (Å²) in [5.74, 6) is -0.0836. The Balaban J connectivity index is 1.38. The van der Waals surface area contributed by atoms with Crippen LogP contribution in [0, 0.1) is 5.92 Å². The summed E-state index contributed by atoms with van der Waals surface area (Å²) in [5.41, 5.74) is 5.78. The van der Waals surface area contributed by atoms with Gasteiger partial charge in [-0.25, -0.2) is 0 Å². The van der Waals surface area contributed by atoms with E-state index in [-0.39, 0.29) is 6.42 Å². The van der Waals surface area contributed by atoms with Crippen molar-refractivity contribution in [1.29, 1.82) is 0 Å². The second kappa shape index (κ2) is 8.53. The molecule has 4 aromatic rings. The molecule has 5 rings (SSSR count). The number of aliphatic carboxylic acids is 1. The van der Waals surface area contributed by atoms with E-state index in [1.165, 1.54) is 23.8 Å². The van der Waals surface area contributed by atoms with Gasteiger partial charge >= 0.3 is 5.97 Å². The number of carboxylic acids is 1. The van der Waals surface area contributed by atoms with Gasteiger partial charge in [-0.05, 0) is 67.7 Å². The zero-order chi connectivity index (χ0) is 21.2. The van der Waals surface area contributed by atoms with Gasteiger partial charge in [0.05, 0.1) is 17.6 Å². The molecule has 0 radical (unpaired) electrons. The summed E-state index contributed by atoms with van der Waals surface area (Å²) >= 11 is 0. The molecular formula is C24H27N5O2. The van der Waals surface area contributed by atoms with E-state index in [1.54, 1.807) is 0 Å². The maximum Gasteiger partial charge on any atom is 0.307 e. The van der Waals surface area contributed by atoms with Crippen molar-refractivity contribution in [2.75, 3.05) is 19.6 Å². The summed E-state index contributed by atoms with van der Waals surface area (Å²) in [4.78, 5) is 14.5. The molecule has 1 aliphatic heterocycles. The fourth-order valence-electron chi connectivity index (χ4n) is 4.55. The first-order valence-corrected chi connectivity index (χ1v) is 10.9. The van der Waals surface area contributed by atoms with Crippen molar-refractivity contribution in [1.82, 2.24) is 25.8 Å². The number of hydrogen-bond donors (Lipinski definition) is 5. The first-order valence-electron chi connectivity index (χ1n) is 10.9. The molecule has 0 unspecified atom stereocenters. The van der Waals surface area contributed by atoms with Gasteiger partial charge in [0, 0.05) is 22.8 Å². The fourth-order valence-corrected chi connectivity index (χ4v) is 4.55. The molecule has 5 N–H and O–H groups in total. The topological polar surface area (TPSA) is 106 Å². The molecule has 0 aliphatic carbocycles. The highest BCUT2D eigenvalue weighted by atomic mass is 16.4. The standard InChI is InChI=1S/C24H27N5O2/c30-23(31)11-16-4-5-18-21(10-16)28-29-24(18)22-12-19-17(2-1-3-20(19)27-22)14-26-13-15-6-8-25-9-7-15/h1-5,10,12,15,25-27H,6-9,11,13-14H2,(H,28,29)(H,30,31). The molecule has 160 valence electrons. The van der Waals surface area contributed by atoms with Crippen molar-refractivity contribution in [3.05, 3.63) is 53.6 Å². The number of nitrogens with zero attached hydrogens (tertiary/aromatic N) is 1. The van der Waals surface area contributed by atoms with E-state index in [1.807, 2.05) is 18.2 Å². The molecular weight excluding hydrogens is 390 g/mol. The summed E-state index contributed by atoms with van der Waals surface area (Å²) in [6.07, 6.45) is 2.49. The van der Waals surface area contributed by atoms with Gasteiger partial charge in [-0.3, -0.25) is 9.89 Å². The second-order valence-corrected chi connectivity index (χ2v) is 8.41. The number of carbonyl (C=O) groups is 1. The second-order valence-electron chi connectivity index (χ2n) is 8.41. The average molecular weight is 418 g/mol. The summed E-state index contributed by atoms with van der Waals surface area (Å²) in [5, 5.41) is 25.8. The molecule has 0 bridgehead atoms. The van der Waals surface area contributed by atoms with Gasteiger partial charge in [0.15, 0.2) is 0 Å². The Labute approximate surface area is 180 Å². The van der Waals surface area contributed by atoms with Crippen LogP contribution in [0.5, 0.6) is 0 Å². The van der Waals surface area contributed by atoms with Crippen LogP contribution in [0.25, 0.3) is 33.2 Å². The van der Waals surface area contributed by atoms with Crippen molar-refractivity contribution in [3.63, 3.8) is 0 Å². The van der Waals surface area contributed by atoms with Crippen LogP contribution in [0.15, 0.2) is 42.5 Å². The van der Waals surface area contributed by atoms with E-state index >= 15 is 0 Å². The maximum atomic E-state index is 11.0. The van der Waals surface area contributed by atoms with Gasteiger partial charge in [-0.1, -0.05) is 24.3 Å². The highest BCUT2D eigenvalue weighted by molar-refractivity contribution is 5.96. The van der Waals surface area contributed by atoms with Crippen molar-refractivity contribution >= 4 is 27.8 Å². The Hall–Kier alpha value is -3.16. The molecule has 7 heteroatoms. The molecule has 3 heterocycles. The molecule has 2 aromatic carbocycles. The van der Waals surface area contributed by atoms with Crippen molar-refractivity contribution < 1.29 is 9.90 Å². The lowest BCUT2D eigenvalue weighted by molar-refractivity contribution is -0.136. The zero-order valence-electron chi connectivity index (χ0n) is 17.4. The van der Waals surface area contributed by atoms with Crippen molar-refractivity contribution in [3.8, 4) is 11.4 Å². The molecule has 31 heavy (non-hydrogen) atoms. The summed E-state index contributed by atoms with van der Waals surface area (Å²) in [6, 6.07) is 14.2. The molecule has 0 spiro atoms. The van der Waals surface area contributed by atoms with Gasteiger partial charge < -0.3 is 20.7 Å². The lowest BCUT2D eigenvalue weighted by atomic mass is 9.98. The van der Waals surface area contributed by atoms with E-state index < -0.39 is 5.97 Å². The minimum absolute atomic E-state index is 0.00438. The number of nitrogens with one attached hydrogen (secondary N) is 4. The minimum atomic E-state index is -0.837. The lowest BCUT2D eigenvalue weighted by Gasteiger charge is -2.22. The summed E-state index contributed by atoms with van der Waals surface area (Å²) in [6.45, 7) is 4.15. The zero-order valence-corrected chi connectivity index (χ0v) is 17.4. The third-order valence-electron chi connectivity index (χ3n) is 6.20. The molecule has 0 saturated carbocycles. The molecule has 1 fully saturated rings. The molecule has 1 saturated heterocycles. The molecule has 1 aliphatic rings. The van der Waals surface area contributed by atoms with E-state index in [0.29, 0.717) is 0 Å². The van der Waals surface area contributed by atoms with Crippen LogP contribution < -0.4 is 10.6 Å². The third kappa shape index (κ3) is 4.19. The smallest absolute Gasteiger partial charge is 0.307 e. The lowest BCUT2D eigenvalue weighted by Crippen LogP contribution is -2.33. The number of aromatic amines is 2. The maximum absolute atomic E-state index is 11.0. The van der Waals surface area contributed by atoms with Crippen molar-refractivity contribution in [2.45, 2.75) is 25.8 Å². The van der Waals surface area contributed by atoms with E-state index in [9.17, 15) is 4.79 Å². The quantitative estimate of drug-likeness (QED) is 0.317. The largest absolute Gasteiger partial charge is 0.481 e. The first kappa shape index (κ1) is 19.8. The third-order valence-corrected chi connectivity index (χ3v) is 6.20. The number of aromatic nitrogens is 3. The number of piperidine rings is 1. The highest BCUT2D eigenvalue weighted by Gasteiger charge is 2.15. The number of fused-ring (bicyclic) bond motifs is 2. The Morgan fingerprint density at radius 3 is 2.81 bits per heavy atom. The van der Waals surface area contributed by atoms with Gasteiger partial charge in [-0.2, -0.15) is 5.10 Å². The number of rotatable bonds is 7. The van der Waals surface area contributed by atoms with Gasteiger partial charge in [0.25, 0.3) is 0 Å². The van der Waals surface area contributed by atoms with Crippen LogP contribution in [-0.4, -0.2) is 45.9 Å². The number of carboxylic acid groups (broad SMARTS) is 1. The predicted octanol–water partition coefficient (Wildman–Crippen LogP) is 3.43. The Bertz CT molecular complexity index is 1220. The van der Waals surface area contributed by atoms with E-state index in [0.717, 1.165) is 65.5 Å². The Morgan fingerprint density at radius 1 is 1.10 bits per heavy atom. The van der Waals surface area contributed by atoms with E-state index in [2.05, 4.69) is 50.1 Å². The average Bonchev–Trinajstić information content (AvgIpc) is 3.38. The van der Waals surface area contributed by atoms with E-state index in [4.69, 9.17) is 5.11 Å². The SMILES string of the molecule is O=C(O)Cc1ccc2c(-c3cc4c(CNCC5CCNCC5)cccc4[nH]3)n[nH]c2c1. The van der Waals surface area contributed by atoms with Gasteiger partial charge in [0.2, 0.25) is 0 Å². The molecule has 0 amide bonds. The molecule has 7 nitrogen and oxygen atoms in total. The summed E-state index contributed by atoms with van der Waals surface area (Å²) in [7, 11) is 0. The van der Waals surface area contributed by atoms with Crippen LogP contribution >= 0.6 is 0 Å². The molecule has 2 aromatic heterocycles. The van der Waals surface area contributed by atoms with Gasteiger partial charge in [0.1, 0.15) is 5.69 Å². The van der Waals surface area contributed by atoms with Crippen LogP contribution in [0.2, 0.25) is 0 Å². The highest BCUT2D eigenvalue weighted by Crippen LogP contribution is 2.30. The van der Waals surface area contributed by atoms with Crippen molar-refractivity contribution in [2.24, 2.45) is 5.92 Å². The predicted molar refractivity (Wildman–Crippen MR) is 122 cm³/mol. The Morgan fingerprint density at radius 2 is 1.97 bits per heavy atom. The fraction of sp³-hybridized carbons (Fsp3) is 0.333. The molecule has 0 atom stereocenters. The summed E-state index contributed by atoms with van der Waals surface area (Å²) < 4.78 is 0. The van der Waals surface area contributed by atoms with Crippen LogP contribution in [0.1, 0.15) is 24.0 Å².